The van der Waals surface area contributed by atoms with Crippen LogP contribution in [-0.4, -0.2) is 51.6 Å². The third kappa shape index (κ3) is 3.59. The maximum absolute atomic E-state index is 10.3. The topological polar surface area (TPSA) is 207 Å². The third-order valence-electron chi connectivity index (χ3n) is 8.54. The molecule has 2 aliphatic carbocycles. The molecule has 14 nitrogen and oxygen atoms in total. The first-order valence-corrected chi connectivity index (χ1v) is 14.7. The summed E-state index contributed by atoms with van der Waals surface area (Å²) in [5.74, 6) is 1.51. The van der Waals surface area contributed by atoms with Crippen molar-refractivity contribution in [1.29, 1.82) is 21.0 Å². The van der Waals surface area contributed by atoms with Gasteiger partial charge in [-0.25, -0.2) is 39.9 Å². The standard InChI is InChI=1S/C35H14N14/c36-11-18(12-37)24-28-30(26-20-7-10-40-16-44-34(20)48(32(24)26)22-5-1-3-8-42-22)46-29-25(19(13-38)14-39)33-27(31(29)47-28)21-15-41-17-45-35(21)49(33)23-6-2-4-9-43-23/h1-6,8-10,15-17H,7H2. The summed E-state index contributed by atoms with van der Waals surface area (Å²) in [6, 6.07) is 19.0. The maximum atomic E-state index is 10.3. The van der Waals surface area contributed by atoms with E-state index in [0.29, 0.717) is 68.8 Å². The van der Waals surface area contributed by atoms with Crippen molar-refractivity contribution < 1.29 is 0 Å². The van der Waals surface area contributed by atoms with Gasteiger partial charge in [0.15, 0.2) is 0 Å². The minimum atomic E-state index is -0.187. The first kappa shape index (κ1) is 27.4. The van der Waals surface area contributed by atoms with E-state index in [1.165, 1.54) is 12.7 Å². The predicted octanol–water partition coefficient (Wildman–Crippen LogP) is 4.74. The van der Waals surface area contributed by atoms with E-state index < -0.39 is 0 Å². The molecule has 3 aliphatic rings. The van der Waals surface area contributed by atoms with E-state index >= 15 is 0 Å². The lowest BCUT2D eigenvalue weighted by molar-refractivity contribution is 0.984. The molecule has 14 heteroatoms. The number of allylic oxidation sites excluding steroid dienone is 2. The van der Waals surface area contributed by atoms with Crippen molar-refractivity contribution in [2.75, 3.05) is 0 Å². The lowest BCUT2D eigenvalue weighted by Gasteiger charge is -2.12. The molecule has 0 aromatic carbocycles. The van der Waals surface area contributed by atoms with Crippen molar-refractivity contribution in [2.45, 2.75) is 6.42 Å². The molecule has 0 unspecified atom stereocenters. The monoisotopic (exact) mass is 630 g/mol. The van der Waals surface area contributed by atoms with E-state index in [2.05, 4.69) is 54.2 Å². The number of fused-ring (bicyclic) bond motifs is 10. The van der Waals surface area contributed by atoms with Crippen molar-refractivity contribution in [3.05, 3.63) is 101 Å². The largest absolute Gasteiger partial charge is 0.277 e. The number of hydrogen-bond donors (Lipinski definition) is 0. The Kier molecular flexibility index (Phi) is 5.75. The molecule has 49 heavy (non-hydrogen) atoms. The van der Waals surface area contributed by atoms with Gasteiger partial charge in [-0.3, -0.25) is 9.13 Å². The normalized spacial score (nSPS) is 12.9. The molecule has 224 valence electrons. The molecule has 0 amide bonds. The molecule has 0 fully saturated rings. The Hall–Kier alpha value is -7.94. The second-order valence-corrected chi connectivity index (χ2v) is 10.9. The summed E-state index contributed by atoms with van der Waals surface area (Å²) in [5, 5.41) is 41.7. The maximum Gasteiger partial charge on any atom is 0.150 e. The summed E-state index contributed by atoms with van der Waals surface area (Å²) >= 11 is 0. The predicted molar refractivity (Wildman–Crippen MR) is 175 cm³/mol. The molecule has 0 atom stereocenters. The van der Waals surface area contributed by atoms with Crippen LogP contribution in [0.4, 0.5) is 5.82 Å². The molecule has 0 saturated heterocycles. The molecule has 6 aromatic heterocycles. The van der Waals surface area contributed by atoms with Crippen LogP contribution < -0.4 is 0 Å². The second-order valence-electron chi connectivity index (χ2n) is 10.9. The molecule has 0 N–H and O–H groups in total. The number of hydrogen-bond acceptors (Lipinski definition) is 12. The molecule has 9 rings (SSSR count). The highest BCUT2D eigenvalue weighted by atomic mass is 15.2. The van der Waals surface area contributed by atoms with Crippen molar-refractivity contribution in [3.8, 4) is 58.4 Å². The van der Waals surface area contributed by atoms with Crippen LogP contribution in [0.15, 0.2) is 82.4 Å². The van der Waals surface area contributed by atoms with Crippen molar-refractivity contribution >= 4 is 40.6 Å². The fraction of sp³-hybridized carbons (Fsp3) is 0.0286. The zero-order valence-corrected chi connectivity index (χ0v) is 24.9. The highest BCUT2D eigenvalue weighted by Crippen LogP contribution is 2.55. The van der Waals surface area contributed by atoms with Crippen molar-refractivity contribution in [2.24, 2.45) is 9.98 Å². The van der Waals surface area contributed by atoms with Crippen LogP contribution in [0.5, 0.6) is 0 Å². The quantitative estimate of drug-likeness (QED) is 0.240. The Bertz CT molecular complexity index is 2740. The van der Waals surface area contributed by atoms with Gasteiger partial charge in [-0.15, -0.1) is 0 Å². The van der Waals surface area contributed by atoms with E-state index in [0.717, 1.165) is 5.56 Å². The Morgan fingerprint density at radius 1 is 0.694 bits per heavy atom. The van der Waals surface area contributed by atoms with Gasteiger partial charge in [-0.05, 0) is 24.3 Å². The highest BCUT2D eigenvalue weighted by Gasteiger charge is 2.43. The van der Waals surface area contributed by atoms with Gasteiger partial charge in [-0.2, -0.15) is 21.0 Å². The lowest BCUT2D eigenvalue weighted by Crippen LogP contribution is -2.05. The molecular formula is C35H14N14. The van der Waals surface area contributed by atoms with Gasteiger partial charge < -0.3 is 0 Å². The fourth-order valence-corrected chi connectivity index (χ4v) is 6.73. The van der Waals surface area contributed by atoms with Crippen LogP contribution in [0.1, 0.15) is 28.3 Å². The van der Waals surface area contributed by atoms with E-state index in [1.807, 2.05) is 12.1 Å². The molecular weight excluding hydrogens is 616 g/mol. The summed E-state index contributed by atoms with van der Waals surface area (Å²) in [4.78, 5) is 37.2. The van der Waals surface area contributed by atoms with Gasteiger partial charge in [0.1, 0.15) is 94.0 Å². The zero-order chi connectivity index (χ0) is 33.2. The Morgan fingerprint density at radius 3 is 1.92 bits per heavy atom. The first-order chi connectivity index (χ1) is 24.2. The Balaban J connectivity index is 1.46. The average molecular weight is 631 g/mol. The van der Waals surface area contributed by atoms with Crippen LogP contribution in [0, 0.1) is 45.3 Å². The number of aliphatic imine (C=N–C) groups is 2. The summed E-state index contributed by atoms with van der Waals surface area (Å²) in [5.41, 5.74) is 4.73. The summed E-state index contributed by atoms with van der Waals surface area (Å²) in [7, 11) is 0. The summed E-state index contributed by atoms with van der Waals surface area (Å²) in [6.07, 6.45) is 9.81. The van der Waals surface area contributed by atoms with Crippen LogP contribution in [0.2, 0.25) is 0 Å². The fourth-order valence-electron chi connectivity index (χ4n) is 6.73. The van der Waals surface area contributed by atoms with E-state index in [-0.39, 0.29) is 33.7 Å². The molecule has 0 bridgehead atoms. The van der Waals surface area contributed by atoms with Crippen molar-refractivity contribution in [3.63, 3.8) is 0 Å². The summed E-state index contributed by atoms with van der Waals surface area (Å²) < 4.78 is 3.55. The number of aromatic nitrogens is 8. The van der Waals surface area contributed by atoms with Crippen LogP contribution in [0.3, 0.4) is 0 Å². The van der Waals surface area contributed by atoms with E-state index in [4.69, 9.17) is 9.97 Å². The number of pyridine rings is 2. The molecule has 1 aliphatic heterocycles. The van der Waals surface area contributed by atoms with E-state index in [9.17, 15) is 21.0 Å². The van der Waals surface area contributed by atoms with Gasteiger partial charge in [0.2, 0.25) is 0 Å². The van der Waals surface area contributed by atoms with Crippen LogP contribution >= 0.6 is 0 Å². The second kappa shape index (κ2) is 10.3. The SMILES string of the molecule is N#CC(C#N)=C1c2nc3c(nc2-c2c4c(n(-c5ccccn5)c21)N=CN=CC4)C(=C(C#N)C#N)c1c-3c2cncnc2n1-c1ccccn1. The van der Waals surface area contributed by atoms with Gasteiger partial charge in [0.25, 0.3) is 0 Å². The molecule has 6 aromatic rings. The molecule has 0 spiro atoms. The lowest BCUT2D eigenvalue weighted by atomic mass is 10.1. The van der Waals surface area contributed by atoms with Gasteiger partial charge >= 0.3 is 0 Å². The van der Waals surface area contributed by atoms with Crippen molar-refractivity contribution in [1.82, 2.24) is 39.0 Å². The van der Waals surface area contributed by atoms with Crippen LogP contribution in [-0.2, 0) is 6.42 Å². The smallest absolute Gasteiger partial charge is 0.150 e. The Labute approximate surface area is 275 Å². The number of nitriles is 4. The minimum absolute atomic E-state index is 0.181. The number of rotatable bonds is 2. The zero-order valence-electron chi connectivity index (χ0n) is 24.9. The Morgan fingerprint density at radius 2 is 1.31 bits per heavy atom. The highest BCUT2D eigenvalue weighted by molar-refractivity contribution is 6.13. The van der Waals surface area contributed by atoms with Crippen LogP contribution in [0.25, 0.3) is 56.3 Å². The summed E-state index contributed by atoms with van der Waals surface area (Å²) in [6.45, 7) is 0. The van der Waals surface area contributed by atoms with E-state index in [1.54, 1.807) is 58.2 Å². The first-order valence-electron chi connectivity index (χ1n) is 14.7. The van der Waals surface area contributed by atoms with Gasteiger partial charge in [-0.1, -0.05) is 12.1 Å². The molecule has 0 saturated carbocycles. The number of nitrogens with zero attached hydrogens (tertiary/aromatic N) is 14. The molecule has 7 heterocycles. The minimum Gasteiger partial charge on any atom is -0.277 e. The average Bonchev–Trinajstić information content (AvgIpc) is 3.79. The van der Waals surface area contributed by atoms with Gasteiger partial charge in [0, 0.05) is 53.3 Å². The molecule has 0 radical (unpaired) electrons. The third-order valence-corrected chi connectivity index (χ3v) is 8.54. The van der Waals surface area contributed by atoms with Gasteiger partial charge in [0.05, 0.1) is 22.5 Å².